The molecule has 0 amide bonds. The van der Waals surface area contributed by atoms with Crippen molar-refractivity contribution in [2.45, 2.75) is 0 Å². The van der Waals surface area contributed by atoms with Crippen LogP contribution >= 0.6 is 19.2 Å². The Morgan fingerprint density at radius 3 is 2.50 bits per heavy atom. The zero-order valence-electron chi connectivity index (χ0n) is 6.18. The van der Waals surface area contributed by atoms with Crippen molar-refractivity contribution in [3.63, 3.8) is 0 Å². The smallest absolute Gasteiger partial charge is 0.321 e. The summed E-state index contributed by atoms with van der Waals surface area (Å²) in [7, 11) is -3.68. The van der Waals surface area contributed by atoms with Gasteiger partial charge in [-0.1, -0.05) is 29.8 Å². The van der Waals surface area contributed by atoms with Crippen LogP contribution in [0.5, 0.6) is 0 Å². The van der Waals surface area contributed by atoms with Crippen molar-refractivity contribution in [1.29, 1.82) is 0 Å². The number of alkyl halides is 1. The van der Waals surface area contributed by atoms with Gasteiger partial charge in [-0.25, -0.2) is 0 Å². The van der Waals surface area contributed by atoms with E-state index in [4.69, 9.17) is 11.6 Å². The van der Waals surface area contributed by atoms with E-state index < -0.39 is 7.60 Å². The molecule has 0 radical (unpaired) electrons. The predicted molar refractivity (Wildman–Crippen MR) is 47.7 cm³/mol. The first-order valence-corrected chi connectivity index (χ1v) is 5.37. The number of hydrogen-bond donors (Lipinski definition) is 1. The van der Waals surface area contributed by atoms with E-state index in [1.54, 1.807) is 18.2 Å². The Labute approximate surface area is 75.5 Å². The third-order valence-electron chi connectivity index (χ3n) is 1.31. The highest BCUT2D eigenvalue weighted by molar-refractivity contribution is 7.61. The van der Waals surface area contributed by atoms with E-state index in [9.17, 15) is 9.46 Å². The lowest BCUT2D eigenvalue weighted by molar-refractivity contribution is 0.313. The second-order valence-electron chi connectivity index (χ2n) is 2.09. The molecule has 0 aliphatic rings. The molecule has 1 atom stereocenters. The number of rotatable bonds is 3. The second kappa shape index (κ2) is 4.06. The summed E-state index contributed by atoms with van der Waals surface area (Å²) >= 11 is 5.18. The maximum absolute atomic E-state index is 11.3. The van der Waals surface area contributed by atoms with Gasteiger partial charge in [0, 0.05) is 0 Å². The van der Waals surface area contributed by atoms with E-state index >= 15 is 0 Å². The van der Waals surface area contributed by atoms with Crippen molar-refractivity contribution in [2.24, 2.45) is 0 Å². The Hall–Kier alpha value is -0.340. The lowest BCUT2D eigenvalue weighted by atomic mass is 10.4. The molecule has 1 unspecified atom stereocenters. The molecule has 3 nitrogen and oxygen atoms in total. The molecule has 0 aromatic heterocycles. The van der Waals surface area contributed by atoms with Crippen LogP contribution in [0.2, 0.25) is 0 Å². The summed E-state index contributed by atoms with van der Waals surface area (Å²) in [5, 5.41) is 0.255. The van der Waals surface area contributed by atoms with E-state index in [2.05, 4.69) is 4.52 Å². The zero-order chi connectivity index (χ0) is 9.03. The lowest BCUT2D eigenvalue weighted by Gasteiger charge is -2.08. The SMILES string of the molecule is O=P(O)(OCCl)c1ccccc1. The van der Waals surface area contributed by atoms with Gasteiger partial charge in [0.25, 0.3) is 0 Å². The molecule has 0 fully saturated rings. The molecular weight excluding hydrogens is 199 g/mol. The molecule has 1 N–H and O–H groups in total. The fourth-order valence-corrected chi connectivity index (χ4v) is 1.98. The monoisotopic (exact) mass is 206 g/mol. The van der Waals surface area contributed by atoms with Gasteiger partial charge in [0.05, 0.1) is 5.30 Å². The Morgan fingerprint density at radius 1 is 1.42 bits per heavy atom. The Morgan fingerprint density at radius 2 is 2.00 bits per heavy atom. The topological polar surface area (TPSA) is 46.5 Å². The van der Waals surface area contributed by atoms with Crippen LogP contribution in [-0.4, -0.2) is 11.0 Å². The lowest BCUT2D eigenvalue weighted by Crippen LogP contribution is -2.05. The van der Waals surface area contributed by atoms with Crippen LogP contribution in [0.4, 0.5) is 0 Å². The van der Waals surface area contributed by atoms with Gasteiger partial charge in [0.2, 0.25) is 0 Å². The van der Waals surface area contributed by atoms with Crippen LogP contribution in [-0.2, 0) is 9.09 Å². The summed E-state index contributed by atoms with van der Waals surface area (Å²) in [5.74, 6) is 0. The third kappa shape index (κ3) is 2.32. The van der Waals surface area contributed by atoms with Gasteiger partial charge >= 0.3 is 7.60 Å². The highest BCUT2D eigenvalue weighted by Gasteiger charge is 2.20. The molecular formula is C7H8ClO3P. The van der Waals surface area contributed by atoms with E-state index in [1.807, 2.05) is 0 Å². The van der Waals surface area contributed by atoms with Crippen molar-refractivity contribution < 1.29 is 14.0 Å². The molecule has 1 aromatic carbocycles. The summed E-state index contributed by atoms with van der Waals surface area (Å²) in [6, 6.07) is 7.83. The molecule has 0 heterocycles. The van der Waals surface area contributed by atoms with Gasteiger partial charge < -0.3 is 4.89 Å². The van der Waals surface area contributed by atoms with Crippen molar-refractivity contribution in [2.75, 3.05) is 6.07 Å². The van der Waals surface area contributed by atoms with Crippen molar-refractivity contribution in [3.8, 4) is 0 Å². The fourth-order valence-electron chi connectivity index (χ4n) is 0.757. The Balaban J connectivity index is 2.90. The van der Waals surface area contributed by atoms with Crippen LogP contribution in [0.1, 0.15) is 0 Å². The van der Waals surface area contributed by atoms with E-state index in [-0.39, 0.29) is 11.4 Å². The van der Waals surface area contributed by atoms with E-state index in [0.29, 0.717) is 0 Å². The molecule has 0 spiro atoms. The molecule has 66 valence electrons. The normalized spacial score (nSPS) is 15.5. The molecule has 0 saturated carbocycles. The highest BCUT2D eigenvalue weighted by Crippen LogP contribution is 2.40. The Kier molecular flexibility index (Phi) is 3.29. The predicted octanol–water partition coefficient (Wildman–Crippen LogP) is 1.71. The van der Waals surface area contributed by atoms with Gasteiger partial charge in [0.1, 0.15) is 6.07 Å². The summed E-state index contributed by atoms with van der Waals surface area (Å²) in [5.41, 5.74) is 0. The van der Waals surface area contributed by atoms with E-state index in [0.717, 1.165) is 0 Å². The molecule has 5 heteroatoms. The second-order valence-corrected chi connectivity index (χ2v) is 4.13. The van der Waals surface area contributed by atoms with Crippen molar-refractivity contribution in [3.05, 3.63) is 30.3 Å². The average Bonchev–Trinajstić information content (AvgIpc) is 2.06. The first kappa shape index (κ1) is 9.75. The van der Waals surface area contributed by atoms with Crippen LogP contribution in [0.25, 0.3) is 0 Å². The summed E-state index contributed by atoms with van der Waals surface area (Å²) in [4.78, 5) is 9.23. The molecule has 1 rings (SSSR count). The number of hydrogen-bond acceptors (Lipinski definition) is 2. The first-order chi connectivity index (χ1) is 5.67. The van der Waals surface area contributed by atoms with Crippen molar-refractivity contribution in [1.82, 2.24) is 0 Å². The van der Waals surface area contributed by atoms with Gasteiger partial charge in [-0.15, -0.1) is 0 Å². The Bertz CT molecular complexity index is 288. The van der Waals surface area contributed by atoms with Gasteiger partial charge in [0.15, 0.2) is 0 Å². The van der Waals surface area contributed by atoms with Crippen molar-refractivity contribution >= 4 is 24.5 Å². The average molecular weight is 207 g/mol. The minimum Gasteiger partial charge on any atom is -0.321 e. The molecule has 12 heavy (non-hydrogen) atoms. The summed E-state index contributed by atoms with van der Waals surface area (Å²) in [6.45, 7) is 0. The summed E-state index contributed by atoms with van der Waals surface area (Å²) < 4.78 is 15.8. The maximum atomic E-state index is 11.3. The van der Waals surface area contributed by atoms with Crippen LogP contribution in [0.3, 0.4) is 0 Å². The fraction of sp³-hybridized carbons (Fsp3) is 0.143. The summed E-state index contributed by atoms with van der Waals surface area (Å²) in [6.07, 6.45) is 0. The van der Waals surface area contributed by atoms with Gasteiger partial charge in [-0.05, 0) is 12.1 Å². The minimum atomic E-state index is -3.68. The first-order valence-electron chi connectivity index (χ1n) is 3.26. The van der Waals surface area contributed by atoms with Crippen LogP contribution in [0, 0.1) is 0 Å². The molecule has 0 saturated heterocycles. The number of halogens is 1. The standard InChI is InChI=1S/C7H8ClO3P/c8-6-11-12(9,10)7-4-2-1-3-5-7/h1-5H,6H2,(H,9,10). The molecule has 0 aliphatic heterocycles. The molecule has 0 aliphatic carbocycles. The van der Waals surface area contributed by atoms with Crippen LogP contribution < -0.4 is 5.30 Å². The molecule has 0 bridgehead atoms. The molecule has 1 aromatic rings. The highest BCUT2D eigenvalue weighted by atomic mass is 35.5. The third-order valence-corrected chi connectivity index (χ3v) is 3.00. The largest absolute Gasteiger partial charge is 0.359 e. The maximum Gasteiger partial charge on any atom is 0.359 e. The van der Waals surface area contributed by atoms with E-state index in [1.165, 1.54) is 12.1 Å². The van der Waals surface area contributed by atoms with Gasteiger partial charge in [-0.3, -0.25) is 9.09 Å². The van der Waals surface area contributed by atoms with Gasteiger partial charge in [-0.2, -0.15) is 0 Å². The minimum absolute atomic E-state index is 0.255. The van der Waals surface area contributed by atoms with Crippen LogP contribution in [0.15, 0.2) is 30.3 Å². The zero-order valence-corrected chi connectivity index (χ0v) is 7.83. The quantitative estimate of drug-likeness (QED) is 0.605. The number of benzene rings is 1.